The molecule has 10 heteroatoms. The third-order valence-corrected chi connectivity index (χ3v) is 2.91. The van der Waals surface area contributed by atoms with E-state index in [9.17, 15) is 13.2 Å². The maximum absolute atomic E-state index is 12.2. The first kappa shape index (κ1) is 12.7. The van der Waals surface area contributed by atoms with Crippen LogP contribution in [0.3, 0.4) is 0 Å². The average Bonchev–Trinajstić information content (AvgIpc) is 2.95. The van der Waals surface area contributed by atoms with Crippen molar-refractivity contribution in [3.8, 4) is 0 Å². The summed E-state index contributed by atoms with van der Waals surface area (Å²) in [6.07, 6.45) is -0.455. The lowest BCUT2D eigenvalue weighted by Crippen LogP contribution is -2.07. The molecule has 0 aliphatic rings. The van der Waals surface area contributed by atoms with Crippen molar-refractivity contribution in [2.75, 3.05) is 11.9 Å². The van der Waals surface area contributed by atoms with Gasteiger partial charge in [-0.1, -0.05) is 16.6 Å². The first-order valence-electron chi connectivity index (χ1n) is 5.04. The second-order valence-electron chi connectivity index (χ2n) is 3.36. The van der Waals surface area contributed by atoms with Crippen LogP contribution >= 0.6 is 11.3 Å². The Labute approximate surface area is 104 Å². The number of rotatable bonds is 5. The molecular formula is C8H9F3N6S. The van der Waals surface area contributed by atoms with E-state index >= 15 is 0 Å². The van der Waals surface area contributed by atoms with Gasteiger partial charge in [0, 0.05) is 19.3 Å². The first-order chi connectivity index (χ1) is 8.55. The number of nitrogens with one attached hydrogen (secondary N) is 1. The number of anilines is 1. The van der Waals surface area contributed by atoms with E-state index in [1.165, 1.54) is 0 Å². The molecule has 2 aromatic rings. The molecule has 2 rings (SSSR count). The summed E-state index contributed by atoms with van der Waals surface area (Å²) in [5, 5.41) is 15.9. The van der Waals surface area contributed by atoms with Crippen LogP contribution in [-0.4, -0.2) is 31.7 Å². The molecule has 0 amide bonds. The molecule has 0 atom stereocenters. The zero-order chi connectivity index (χ0) is 13.0. The smallest absolute Gasteiger partial charge is 0.360 e. The first-order valence-corrected chi connectivity index (χ1v) is 5.86. The van der Waals surface area contributed by atoms with Crippen LogP contribution < -0.4 is 5.32 Å². The van der Waals surface area contributed by atoms with E-state index in [1.54, 1.807) is 17.1 Å². The van der Waals surface area contributed by atoms with E-state index < -0.39 is 11.2 Å². The quantitative estimate of drug-likeness (QED) is 0.842. The van der Waals surface area contributed by atoms with Crippen molar-refractivity contribution < 1.29 is 13.2 Å². The summed E-state index contributed by atoms with van der Waals surface area (Å²) < 4.78 is 38.4. The molecule has 1 N–H and O–H groups in total. The zero-order valence-corrected chi connectivity index (χ0v) is 9.87. The Balaban J connectivity index is 1.75. The van der Waals surface area contributed by atoms with Crippen LogP contribution in [0, 0.1) is 0 Å². The van der Waals surface area contributed by atoms with Crippen LogP contribution in [0.5, 0.6) is 0 Å². The maximum Gasteiger partial charge on any atom is 0.445 e. The third-order valence-electron chi connectivity index (χ3n) is 1.98. The van der Waals surface area contributed by atoms with Crippen LogP contribution in [-0.2, 0) is 12.7 Å². The van der Waals surface area contributed by atoms with Crippen LogP contribution in [0.15, 0.2) is 12.4 Å². The Bertz CT molecular complexity index is 479. The predicted molar refractivity (Wildman–Crippen MR) is 58.0 cm³/mol. The van der Waals surface area contributed by atoms with Crippen molar-refractivity contribution in [3.05, 3.63) is 17.4 Å². The number of hydrogen-bond donors (Lipinski definition) is 1. The van der Waals surface area contributed by atoms with Crippen LogP contribution in [0.4, 0.5) is 18.3 Å². The fourth-order valence-corrected chi connectivity index (χ4v) is 1.83. The van der Waals surface area contributed by atoms with E-state index in [4.69, 9.17) is 0 Å². The van der Waals surface area contributed by atoms with Crippen molar-refractivity contribution in [2.45, 2.75) is 19.1 Å². The molecule has 0 bridgehead atoms. The van der Waals surface area contributed by atoms with E-state index in [0.717, 1.165) is 0 Å². The van der Waals surface area contributed by atoms with Gasteiger partial charge in [-0.2, -0.15) is 13.2 Å². The molecule has 0 aromatic carbocycles. The maximum atomic E-state index is 12.2. The number of alkyl halides is 3. The van der Waals surface area contributed by atoms with Crippen molar-refractivity contribution in [1.82, 2.24) is 25.2 Å². The lowest BCUT2D eigenvalue weighted by Gasteiger charge is -2.01. The second-order valence-corrected chi connectivity index (χ2v) is 4.33. The molecule has 0 aliphatic heterocycles. The number of halogens is 3. The summed E-state index contributed by atoms with van der Waals surface area (Å²) in [6, 6.07) is 0. The fourth-order valence-electron chi connectivity index (χ4n) is 1.20. The van der Waals surface area contributed by atoms with Gasteiger partial charge in [-0.3, -0.25) is 4.68 Å². The largest absolute Gasteiger partial charge is 0.445 e. The highest BCUT2D eigenvalue weighted by molar-refractivity contribution is 7.15. The minimum absolute atomic E-state index is 0.168. The van der Waals surface area contributed by atoms with Gasteiger partial charge in [0.25, 0.3) is 0 Å². The van der Waals surface area contributed by atoms with Gasteiger partial charge in [-0.15, -0.1) is 15.3 Å². The Morgan fingerprint density at radius 2 is 2.17 bits per heavy atom. The molecule has 0 spiro atoms. The van der Waals surface area contributed by atoms with Crippen LogP contribution in [0.25, 0.3) is 0 Å². The summed E-state index contributed by atoms with van der Waals surface area (Å²) in [6.45, 7) is 1.13. The summed E-state index contributed by atoms with van der Waals surface area (Å²) >= 11 is 0.495. The lowest BCUT2D eigenvalue weighted by atomic mass is 10.4. The molecule has 0 saturated heterocycles. The predicted octanol–water partition coefficient (Wildman–Crippen LogP) is 1.65. The third kappa shape index (κ3) is 3.39. The van der Waals surface area contributed by atoms with Gasteiger partial charge in [-0.25, -0.2) is 0 Å². The topological polar surface area (TPSA) is 68.5 Å². The molecular weight excluding hydrogens is 269 g/mol. The Hall–Kier alpha value is -1.71. The fraction of sp³-hybridized carbons (Fsp3) is 0.500. The number of aromatic nitrogens is 5. The summed E-state index contributed by atoms with van der Waals surface area (Å²) in [4.78, 5) is 0. The number of aryl methyl sites for hydroxylation is 1. The van der Waals surface area contributed by atoms with E-state index in [2.05, 4.69) is 25.8 Å². The Morgan fingerprint density at radius 1 is 1.33 bits per heavy atom. The molecule has 0 saturated carbocycles. The number of nitrogens with zero attached hydrogens (tertiary/aromatic N) is 5. The van der Waals surface area contributed by atoms with Crippen LogP contribution in [0.2, 0.25) is 0 Å². The Morgan fingerprint density at radius 3 is 2.78 bits per heavy atom. The average molecular weight is 278 g/mol. The molecule has 98 valence electrons. The summed E-state index contributed by atoms with van der Waals surface area (Å²) in [5.41, 5.74) is 0. The molecule has 2 aromatic heterocycles. The normalized spacial score (nSPS) is 11.7. The number of hydrogen-bond acceptors (Lipinski definition) is 6. The zero-order valence-electron chi connectivity index (χ0n) is 9.05. The van der Waals surface area contributed by atoms with Gasteiger partial charge in [-0.05, 0) is 6.42 Å². The molecule has 0 aliphatic carbocycles. The molecule has 0 radical (unpaired) electrons. The highest BCUT2D eigenvalue weighted by atomic mass is 32.1. The van der Waals surface area contributed by atoms with Crippen molar-refractivity contribution in [2.24, 2.45) is 0 Å². The summed E-state index contributed by atoms with van der Waals surface area (Å²) in [7, 11) is 0. The standard InChI is InChI=1S/C8H9F3N6S/c9-8(10,11)6-14-15-7(18-6)12-2-1-4-17-5-3-13-16-17/h3,5H,1-2,4H2,(H,12,15). The van der Waals surface area contributed by atoms with Crippen molar-refractivity contribution in [3.63, 3.8) is 0 Å². The monoisotopic (exact) mass is 278 g/mol. The minimum Gasteiger partial charge on any atom is -0.360 e. The Kier molecular flexibility index (Phi) is 3.75. The minimum atomic E-state index is -4.43. The van der Waals surface area contributed by atoms with Gasteiger partial charge >= 0.3 is 6.18 Å². The van der Waals surface area contributed by atoms with Gasteiger partial charge in [0.15, 0.2) is 0 Å². The van der Waals surface area contributed by atoms with Crippen molar-refractivity contribution in [1.29, 1.82) is 0 Å². The van der Waals surface area contributed by atoms with E-state index in [0.29, 0.717) is 30.8 Å². The second kappa shape index (κ2) is 5.29. The highest BCUT2D eigenvalue weighted by Gasteiger charge is 2.35. The van der Waals surface area contributed by atoms with Gasteiger partial charge < -0.3 is 5.32 Å². The van der Waals surface area contributed by atoms with Gasteiger partial charge in [0.05, 0.1) is 6.20 Å². The molecule has 18 heavy (non-hydrogen) atoms. The van der Waals surface area contributed by atoms with Gasteiger partial charge in [0.2, 0.25) is 10.1 Å². The lowest BCUT2D eigenvalue weighted by molar-refractivity contribution is -0.138. The van der Waals surface area contributed by atoms with Gasteiger partial charge in [0.1, 0.15) is 0 Å². The highest BCUT2D eigenvalue weighted by Crippen LogP contribution is 2.32. The SMILES string of the molecule is FC(F)(F)c1nnc(NCCCn2ccnn2)s1. The van der Waals surface area contributed by atoms with Crippen LogP contribution in [0.1, 0.15) is 11.4 Å². The summed E-state index contributed by atoms with van der Waals surface area (Å²) in [5.74, 6) is 0. The molecule has 2 heterocycles. The molecule has 0 fully saturated rings. The van der Waals surface area contributed by atoms with E-state index in [1.807, 2.05) is 0 Å². The molecule has 6 nitrogen and oxygen atoms in total. The van der Waals surface area contributed by atoms with Crippen molar-refractivity contribution >= 4 is 16.5 Å². The molecule has 0 unspecified atom stereocenters. The van der Waals surface area contributed by atoms with E-state index in [-0.39, 0.29) is 5.13 Å².